The Morgan fingerprint density at radius 2 is 1.75 bits per heavy atom. The second-order valence-corrected chi connectivity index (χ2v) is 6.77. The van der Waals surface area contributed by atoms with Gasteiger partial charge in [-0.05, 0) is 52.4 Å². The highest BCUT2D eigenvalue weighted by molar-refractivity contribution is 5.91. The van der Waals surface area contributed by atoms with Crippen molar-refractivity contribution in [2.45, 2.75) is 18.4 Å². The van der Waals surface area contributed by atoms with E-state index in [2.05, 4.69) is 53.9 Å². The van der Waals surface area contributed by atoms with Crippen molar-refractivity contribution in [3.63, 3.8) is 0 Å². The van der Waals surface area contributed by atoms with Crippen LogP contribution in [0.4, 0.5) is 10.1 Å². The Morgan fingerprint density at radius 1 is 0.917 bits per heavy atom. The molecule has 2 aliphatic rings. The summed E-state index contributed by atoms with van der Waals surface area (Å²) >= 11 is 0. The molecule has 0 aromatic heterocycles. The van der Waals surface area contributed by atoms with Crippen molar-refractivity contribution >= 4 is 16.5 Å². The first-order valence-electron chi connectivity index (χ1n) is 8.51. The zero-order valence-corrected chi connectivity index (χ0v) is 13.2. The summed E-state index contributed by atoms with van der Waals surface area (Å²) in [5.41, 5.74) is 3.77. The number of nitrogens with one attached hydrogen (secondary N) is 1. The lowest BCUT2D eigenvalue weighted by Gasteiger charge is -2.38. The second-order valence-electron chi connectivity index (χ2n) is 6.77. The first-order valence-corrected chi connectivity index (χ1v) is 8.51. The SMILES string of the molecule is Fc1ccc(C2Nc3ccc4ccccc4c3C3C=CCC32)cc1. The van der Waals surface area contributed by atoms with E-state index in [1.54, 1.807) is 12.1 Å². The Hall–Kier alpha value is -2.61. The third kappa shape index (κ3) is 1.99. The number of anilines is 1. The molecule has 0 bridgehead atoms. The minimum Gasteiger partial charge on any atom is -0.378 e. The molecule has 5 rings (SSSR count). The third-order valence-corrected chi connectivity index (χ3v) is 5.49. The number of rotatable bonds is 1. The van der Waals surface area contributed by atoms with Crippen LogP contribution in [0.1, 0.15) is 29.5 Å². The predicted molar refractivity (Wildman–Crippen MR) is 96.7 cm³/mol. The number of benzene rings is 3. The minimum absolute atomic E-state index is 0.179. The van der Waals surface area contributed by atoms with E-state index in [1.807, 2.05) is 12.1 Å². The van der Waals surface area contributed by atoms with Gasteiger partial charge < -0.3 is 5.32 Å². The minimum atomic E-state index is -0.179. The number of hydrogen-bond acceptors (Lipinski definition) is 1. The van der Waals surface area contributed by atoms with Crippen LogP contribution in [0.5, 0.6) is 0 Å². The van der Waals surface area contributed by atoms with Crippen LogP contribution in [0.3, 0.4) is 0 Å². The highest BCUT2D eigenvalue weighted by Gasteiger charge is 2.38. The van der Waals surface area contributed by atoms with Crippen LogP contribution in [0, 0.1) is 11.7 Å². The fourth-order valence-corrected chi connectivity index (χ4v) is 4.38. The molecule has 0 amide bonds. The molecule has 3 unspecified atom stereocenters. The van der Waals surface area contributed by atoms with Crippen molar-refractivity contribution < 1.29 is 4.39 Å². The first kappa shape index (κ1) is 13.8. The Kier molecular flexibility index (Phi) is 2.99. The van der Waals surface area contributed by atoms with Crippen LogP contribution in [0.15, 0.2) is 72.8 Å². The van der Waals surface area contributed by atoms with Gasteiger partial charge >= 0.3 is 0 Å². The largest absolute Gasteiger partial charge is 0.378 e. The van der Waals surface area contributed by atoms with Gasteiger partial charge in [-0.1, -0.05) is 54.6 Å². The van der Waals surface area contributed by atoms with Crippen molar-refractivity contribution in [2.24, 2.45) is 5.92 Å². The Bertz CT molecular complexity index is 942. The summed E-state index contributed by atoms with van der Waals surface area (Å²) in [6.45, 7) is 0. The lowest BCUT2D eigenvalue weighted by atomic mass is 9.75. The third-order valence-electron chi connectivity index (χ3n) is 5.49. The molecule has 1 aliphatic carbocycles. The van der Waals surface area contributed by atoms with E-state index in [0.29, 0.717) is 11.8 Å². The van der Waals surface area contributed by atoms with E-state index in [9.17, 15) is 4.39 Å². The fraction of sp³-hybridized carbons (Fsp3) is 0.182. The Balaban J connectivity index is 1.67. The van der Waals surface area contributed by atoms with Gasteiger partial charge in [0.15, 0.2) is 0 Å². The van der Waals surface area contributed by atoms with Crippen LogP contribution in [0.25, 0.3) is 10.8 Å². The molecule has 24 heavy (non-hydrogen) atoms. The molecule has 118 valence electrons. The average Bonchev–Trinajstić information content (AvgIpc) is 3.11. The van der Waals surface area contributed by atoms with E-state index in [0.717, 1.165) is 12.0 Å². The summed E-state index contributed by atoms with van der Waals surface area (Å²) in [5.74, 6) is 0.721. The molecule has 1 aliphatic heterocycles. The van der Waals surface area contributed by atoms with Crippen LogP contribution in [0.2, 0.25) is 0 Å². The van der Waals surface area contributed by atoms with Crippen LogP contribution >= 0.6 is 0 Å². The molecule has 1 N–H and O–H groups in total. The van der Waals surface area contributed by atoms with Crippen molar-refractivity contribution in [1.82, 2.24) is 0 Å². The van der Waals surface area contributed by atoms with Gasteiger partial charge in [0.1, 0.15) is 5.82 Å². The number of fused-ring (bicyclic) bond motifs is 5. The monoisotopic (exact) mass is 315 g/mol. The van der Waals surface area contributed by atoms with Crippen molar-refractivity contribution in [3.8, 4) is 0 Å². The number of allylic oxidation sites excluding steroid dienone is 2. The van der Waals surface area contributed by atoms with Gasteiger partial charge in [-0.3, -0.25) is 0 Å². The zero-order valence-electron chi connectivity index (χ0n) is 13.2. The van der Waals surface area contributed by atoms with Crippen molar-refractivity contribution in [2.75, 3.05) is 5.32 Å². The van der Waals surface area contributed by atoms with E-state index in [1.165, 1.54) is 22.0 Å². The lowest BCUT2D eigenvalue weighted by Crippen LogP contribution is -2.29. The molecular weight excluding hydrogens is 297 g/mol. The summed E-state index contributed by atoms with van der Waals surface area (Å²) in [6, 6.07) is 20.1. The zero-order chi connectivity index (χ0) is 16.1. The van der Waals surface area contributed by atoms with E-state index >= 15 is 0 Å². The molecule has 0 spiro atoms. The molecule has 2 heteroatoms. The van der Waals surface area contributed by atoms with Gasteiger partial charge in [0.2, 0.25) is 0 Å². The summed E-state index contributed by atoms with van der Waals surface area (Å²) in [5, 5.41) is 6.36. The summed E-state index contributed by atoms with van der Waals surface area (Å²) in [4.78, 5) is 0. The second kappa shape index (κ2) is 5.20. The topological polar surface area (TPSA) is 12.0 Å². The fourth-order valence-electron chi connectivity index (χ4n) is 4.38. The highest BCUT2D eigenvalue weighted by Crippen LogP contribution is 2.51. The maximum Gasteiger partial charge on any atom is 0.123 e. The predicted octanol–water partition coefficient (Wildman–Crippen LogP) is 5.81. The molecule has 0 saturated carbocycles. The summed E-state index contributed by atoms with van der Waals surface area (Å²) in [6.07, 6.45) is 5.71. The van der Waals surface area contributed by atoms with Gasteiger partial charge in [-0.2, -0.15) is 0 Å². The Labute approximate surface area is 140 Å². The van der Waals surface area contributed by atoms with Crippen LogP contribution in [-0.4, -0.2) is 0 Å². The maximum absolute atomic E-state index is 13.3. The van der Waals surface area contributed by atoms with Gasteiger partial charge in [0, 0.05) is 11.6 Å². The highest BCUT2D eigenvalue weighted by atomic mass is 19.1. The molecule has 0 radical (unpaired) electrons. The molecule has 1 heterocycles. The van der Waals surface area contributed by atoms with Crippen molar-refractivity contribution in [1.29, 1.82) is 0 Å². The molecule has 1 nitrogen and oxygen atoms in total. The number of halogens is 1. The maximum atomic E-state index is 13.3. The van der Waals surface area contributed by atoms with Crippen LogP contribution < -0.4 is 5.32 Å². The molecule has 0 saturated heterocycles. The lowest BCUT2D eigenvalue weighted by molar-refractivity contribution is 0.427. The van der Waals surface area contributed by atoms with Crippen LogP contribution in [-0.2, 0) is 0 Å². The summed E-state index contributed by atoms with van der Waals surface area (Å²) in [7, 11) is 0. The molecular formula is C22H18FN. The smallest absolute Gasteiger partial charge is 0.123 e. The van der Waals surface area contributed by atoms with Gasteiger partial charge in [-0.25, -0.2) is 4.39 Å². The van der Waals surface area contributed by atoms with Gasteiger partial charge in [0.05, 0.1) is 6.04 Å². The normalized spacial score (nSPS) is 24.5. The average molecular weight is 315 g/mol. The van der Waals surface area contributed by atoms with Gasteiger partial charge in [-0.15, -0.1) is 0 Å². The quantitative estimate of drug-likeness (QED) is 0.559. The summed E-state index contributed by atoms with van der Waals surface area (Å²) < 4.78 is 13.3. The standard InChI is InChI=1S/C22H18FN/c23-16-11-8-15(9-12-16)22-19-7-3-6-18(19)21-17-5-2-1-4-14(17)10-13-20(21)24-22/h1-6,8-13,18-19,22,24H,7H2. The van der Waals surface area contributed by atoms with Gasteiger partial charge in [0.25, 0.3) is 0 Å². The molecule has 3 aromatic rings. The molecule has 0 fully saturated rings. The molecule has 3 aromatic carbocycles. The van der Waals surface area contributed by atoms with E-state index in [-0.39, 0.29) is 11.9 Å². The van der Waals surface area contributed by atoms with E-state index < -0.39 is 0 Å². The molecule has 3 atom stereocenters. The number of hydrogen-bond donors (Lipinski definition) is 1. The van der Waals surface area contributed by atoms with E-state index in [4.69, 9.17) is 0 Å². The van der Waals surface area contributed by atoms with Crippen molar-refractivity contribution in [3.05, 3.63) is 89.8 Å². The Morgan fingerprint density at radius 3 is 2.62 bits per heavy atom. The first-order chi connectivity index (χ1) is 11.8.